The molecule has 5 nitrogen and oxygen atoms in total. The Morgan fingerprint density at radius 3 is 1.90 bits per heavy atom. The molecule has 0 spiro atoms. The molecular weight excluding hydrogens is 362 g/mol. The van der Waals surface area contributed by atoms with Crippen LogP contribution < -0.4 is 5.32 Å². The van der Waals surface area contributed by atoms with Crippen molar-refractivity contribution in [1.82, 2.24) is 9.80 Å². The average molecular weight is 392 g/mol. The van der Waals surface area contributed by atoms with Crippen molar-refractivity contribution in [3.8, 4) is 0 Å². The molecule has 2 fully saturated rings. The van der Waals surface area contributed by atoms with Gasteiger partial charge in [-0.1, -0.05) is 48.5 Å². The number of hydrogen-bond acceptors (Lipinski definition) is 2. The number of carbonyl (C=O) groups is 2. The summed E-state index contributed by atoms with van der Waals surface area (Å²) in [6.07, 6.45) is 3.57. The lowest BCUT2D eigenvalue weighted by molar-refractivity contribution is -0.138. The lowest BCUT2D eigenvalue weighted by Gasteiger charge is -2.37. The first-order valence-electron chi connectivity index (χ1n) is 10.7. The van der Waals surface area contributed by atoms with E-state index in [4.69, 9.17) is 0 Å². The fraction of sp³-hybridized carbons (Fsp3) is 0.417. The predicted octanol–water partition coefficient (Wildman–Crippen LogP) is 4.34. The molecule has 152 valence electrons. The van der Waals surface area contributed by atoms with Gasteiger partial charge in [0.05, 0.1) is 0 Å². The highest BCUT2D eigenvalue weighted by Gasteiger charge is 2.32. The number of para-hydroxylation sites is 1. The van der Waals surface area contributed by atoms with Gasteiger partial charge in [-0.25, -0.2) is 4.79 Å². The zero-order chi connectivity index (χ0) is 20.1. The van der Waals surface area contributed by atoms with Gasteiger partial charge in [0.1, 0.15) is 0 Å². The van der Waals surface area contributed by atoms with E-state index in [1.54, 1.807) is 0 Å². The Labute approximate surface area is 172 Å². The Bertz CT molecular complexity index is 809. The third-order valence-corrected chi connectivity index (χ3v) is 6.23. The molecular formula is C24H29N3O2. The van der Waals surface area contributed by atoms with Crippen LogP contribution in [0.15, 0.2) is 60.7 Å². The van der Waals surface area contributed by atoms with Gasteiger partial charge in [0, 0.05) is 37.8 Å². The number of rotatable bonds is 3. The van der Waals surface area contributed by atoms with E-state index >= 15 is 0 Å². The smallest absolute Gasteiger partial charge is 0.321 e. The van der Waals surface area contributed by atoms with Crippen molar-refractivity contribution in [2.45, 2.75) is 31.6 Å². The van der Waals surface area contributed by atoms with Crippen LogP contribution in [-0.4, -0.2) is 47.9 Å². The van der Waals surface area contributed by atoms with Crippen molar-refractivity contribution >= 4 is 17.6 Å². The molecule has 5 heteroatoms. The highest BCUT2D eigenvalue weighted by atomic mass is 16.2. The van der Waals surface area contributed by atoms with E-state index in [0.717, 1.165) is 44.5 Å². The number of likely N-dealkylation sites (tertiary alicyclic amines) is 2. The van der Waals surface area contributed by atoms with Gasteiger partial charge in [-0.2, -0.15) is 0 Å². The third-order valence-electron chi connectivity index (χ3n) is 6.23. The van der Waals surface area contributed by atoms with E-state index in [1.165, 1.54) is 5.56 Å². The first-order chi connectivity index (χ1) is 14.2. The van der Waals surface area contributed by atoms with Crippen molar-refractivity contribution in [2.24, 2.45) is 5.92 Å². The van der Waals surface area contributed by atoms with Gasteiger partial charge in [-0.05, 0) is 49.3 Å². The maximum atomic E-state index is 13.0. The largest absolute Gasteiger partial charge is 0.342 e. The van der Waals surface area contributed by atoms with Gasteiger partial charge in [0.25, 0.3) is 0 Å². The fourth-order valence-corrected chi connectivity index (χ4v) is 4.47. The lowest BCUT2D eigenvalue weighted by atomic mass is 9.88. The molecule has 1 N–H and O–H groups in total. The third kappa shape index (κ3) is 4.78. The van der Waals surface area contributed by atoms with E-state index in [0.29, 0.717) is 19.0 Å². The van der Waals surface area contributed by atoms with Gasteiger partial charge in [0.15, 0.2) is 0 Å². The Hall–Kier alpha value is -2.82. The number of nitrogens with one attached hydrogen (secondary N) is 1. The Morgan fingerprint density at radius 1 is 0.724 bits per heavy atom. The second kappa shape index (κ2) is 9.12. The molecule has 0 bridgehead atoms. The van der Waals surface area contributed by atoms with Gasteiger partial charge in [-0.3, -0.25) is 4.79 Å². The van der Waals surface area contributed by atoms with Crippen LogP contribution >= 0.6 is 0 Å². The summed E-state index contributed by atoms with van der Waals surface area (Å²) >= 11 is 0. The highest BCUT2D eigenvalue weighted by Crippen LogP contribution is 2.29. The molecule has 0 saturated carbocycles. The maximum Gasteiger partial charge on any atom is 0.321 e. The van der Waals surface area contributed by atoms with Gasteiger partial charge in [0.2, 0.25) is 5.91 Å². The average Bonchev–Trinajstić information content (AvgIpc) is 2.80. The Kier molecular flexibility index (Phi) is 6.13. The fourth-order valence-electron chi connectivity index (χ4n) is 4.47. The molecule has 0 atom stereocenters. The maximum absolute atomic E-state index is 13.0. The number of nitrogens with zero attached hydrogens (tertiary/aromatic N) is 2. The van der Waals surface area contributed by atoms with E-state index in [9.17, 15) is 9.59 Å². The lowest BCUT2D eigenvalue weighted by Crippen LogP contribution is -2.47. The second-order valence-corrected chi connectivity index (χ2v) is 8.07. The minimum Gasteiger partial charge on any atom is -0.342 e. The molecule has 2 aliphatic rings. The quantitative estimate of drug-likeness (QED) is 0.846. The summed E-state index contributed by atoms with van der Waals surface area (Å²) in [5, 5.41) is 2.93. The van der Waals surface area contributed by atoms with Crippen molar-refractivity contribution < 1.29 is 9.59 Å². The van der Waals surface area contributed by atoms with Gasteiger partial charge in [-0.15, -0.1) is 0 Å². The van der Waals surface area contributed by atoms with Crippen LogP contribution in [0.3, 0.4) is 0 Å². The summed E-state index contributed by atoms with van der Waals surface area (Å²) in [6, 6.07) is 20.0. The molecule has 4 rings (SSSR count). The molecule has 2 aliphatic heterocycles. The normalized spacial score (nSPS) is 18.5. The zero-order valence-corrected chi connectivity index (χ0v) is 16.8. The van der Waals surface area contributed by atoms with E-state index in [1.807, 2.05) is 40.1 Å². The monoisotopic (exact) mass is 391 g/mol. The molecule has 2 aromatic rings. The summed E-state index contributed by atoms with van der Waals surface area (Å²) in [5.41, 5.74) is 2.19. The first kappa shape index (κ1) is 19.5. The van der Waals surface area contributed by atoms with Crippen LogP contribution in [0.1, 0.15) is 37.2 Å². The molecule has 0 unspecified atom stereocenters. The van der Waals surface area contributed by atoms with E-state index in [2.05, 4.69) is 35.6 Å². The minimum atomic E-state index is -0.0780. The predicted molar refractivity (Wildman–Crippen MR) is 115 cm³/mol. The minimum absolute atomic E-state index is 0.0454. The van der Waals surface area contributed by atoms with Crippen molar-refractivity contribution in [1.29, 1.82) is 0 Å². The van der Waals surface area contributed by atoms with Crippen LogP contribution in [0.2, 0.25) is 0 Å². The summed E-state index contributed by atoms with van der Waals surface area (Å²) in [5.74, 6) is 0.882. The van der Waals surface area contributed by atoms with Crippen LogP contribution in [0.4, 0.5) is 10.5 Å². The van der Waals surface area contributed by atoms with Crippen LogP contribution in [0, 0.1) is 5.92 Å². The van der Waals surface area contributed by atoms with Gasteiger partial charge >= 0.3 is 6.03 Å². The summed E-state index contributed by atoms with van der Waals surface area (Å²) in [7, 11) is 0. The number of benzene rings is 2. The zero-order valence-electron chi connectivity index (χ0n) is 16.8. The molecule has 2 heterocycles. The Morgan fingerprint density at radius 2 is 1.28 bits per heavy atom. The molecule has 0 aromatic heterocycles. The number of urea groups is 1. The van der Waals surface area contributed by atoms with Crippen molar-refractivity contribution in [3.63, 3.8) is 0 Å². The molecule has 29 heavy (non-hydrogen) atoms. The number of amides is 3. The van der Waals surface area contributed by atoms with Crippen LogP contribution in [0.25, 0.3) is 0 Å². The van der Waals surface area contributed by atoms with E-state index in [-0.39, 0.29) is 17.9 Å². The Balaban J connectivity index is 1.24. The molecule has 2 aromatic carbocycles. The molecule has 0 radical (unpaired) electrons. The molecule has 2 saturated heterocycles. The number of carbonyl (C=O) groups excluding carboxylic acids is 2. The molecule has 0 aliphatic carbocycles. The second-order valence-electron chi connectivity index (χ2n) is 8.07. The SMILES string of the molecule is O=C(Nc1ccccc1)N1CCC(C(=O)N2CCC(c3ccccc3)CC2)CC1. The topological polar surface area (TPSA) is 52.7 Å². The molecule has 3 amide bonds. The first-order valence-corrected chi connectivity index (χ1v) is 10.7. The standard InChI is InChI=1S/C24H29N3O2/c28-23(26-15-11-20(12-16-26)19-7-3-1-4-8-19)21-13-17-27(18-14-21)24(29)25-22-9-5-2-6-10-22/h1-10,20-21H,11-18H2,(H,25,29). The summed E-state index contributed by atoms with van der Waals surface area (Å²) in [4.78, 5) is 29.3. The van der Waals surface area contributed by atoms with Gasteiger partial charge < -0.3 is 15.1 Å². The van der Waals surface area contributed by atoms with E-state index < -0.39 is 0 Å². The summed E-state index contributed by atoms with van der Waals surface area (Å²) < 4.78 is 0. The van der Waals surface area contributed by atoms with Crippen LogP contribution in [-0.2, 0) is 4.79 Å². The van der Waals surface area contributed by atoms with Crippen molar-refractivity contribution in [3.05, 3.63) is 66.2 Å². The van der Waals surface area contributed by atoms with Crippen molar-refractivity contribution in [2.75, 3.05) is 31.5 Å². The number of hydrogen-bond donors (Lipinski definition) is 1. The van der Waals surface area contributed by atoms with Crippen LogP contribution in [0.5, 0.6) is 0 Å². The highest BCUT2D eigenvalue weighted by molar-refractivity contribution is 5.89. The summed E-state index contributed by atoms with van der Waals surface area (Å²) in [6.45, 7) is 2.95. The number of anilines is 1. The number of piperidine rings is 2.